The Kier molecular flexibility index (Phi) is 5.47. The summed E-state index contributed by atoms with van der Waals surface area (Å²) in [4.78, 5) is 28.6. The minimum atomic E-state index is -4.88. The molecule has 1 amide bonds. The first-order chi connectivity index (χ1) is 14.7. The summed E-state index contributed by atoms with van der Waals surface area (Å²) in [6.07, 6.45) is -3.99. The average Bonchev–Trinajstić information content (AvgIpc) is 3.17. The molecule has 0 aliphatic carbocycles. The number of aromatic nitrogens is 1. The maximum Gasteiger partial charge on any atom is 0.450 e. The highest BCUT2D eigenvalue weighted by atomic mass is 19.4. The van der Waals surface area contributed by atoms with Crippen LogP contribution in [0.4, 0.5) is 19.0 Å². The molecule has 1 aliphatic rings. The highest BCUT2D eigenvalue weighted by Gasteiger charge is 2.47. The summed E-state index contributed by atoms with van der Waals surface area (Å²) in [5.41, 5.74) is 7.34. The number of nitrogens with zero attached hydrogens (tertiary/aromatic N) is 1. The molecule has 31 heavy (non-hydrogen) atoms. The molecule has 2 unspecified atom stereocenters. The van der Waals surface area contributed by atoms with Crippen molar-refractivity contribution < 1.29 is 22.8 Å². The van der Waals surface area contributed by atoms with Crippen molar-refractivity contribution in [1.29, 1.82) is 0 Å². The first-order valence-electron chi connectivity index (χ1n) is 10.0. The summed E-state index contributed by atoms with van der Waals surface area (Å²) < 4.78 is 40.0. The number of hydrogen-bond acceptors (Lipinski definition) is 3. The first kappa shape index (κ1) is 21.0. The Balaban J connectivity index is 1.60. The maximum absolute atomic E-state index is 13.3. The third-order valence-corrected chi connectivity index (χ3v) is 5.94. The fourth-order valence-electron chi connectivity index (χ4n) is 4.33. The third-order valence-electron chi connectivity index (χ3n) is 5.94. The van der Waals surface area contributed by atoms with Crippen LogP contribution >= 0.6 is 0 Å². The summed E-state index contributed by atoms with van der Waals surface area (Å²) in [5.74, 6) is -3.15. The number of carbonyl (C=O) groups is 2. The lowest BCUT2D eigenvalue weighted by molar-refractivity contribution is -0.177. The molecule has 3 N–H and O–H groups in total. The number of piperidine rings is 1. The Morgan fingerprint density at radius 2 is 1.84 bits per heavy atom. The van der Waals surface area contributed by atoms with Gasteiger partial charge in [-0.2, -0.15) is 13.2 Å². The monoisotopic (exact) mass is 429 g/mol. The number of amides is 1. The van der Waals surface area contributed by atoms with E-state index in [0.717, 1.165) is 16.5 Å². The summed E-state index contributed by atoms with van der Waals surface area (Å²) in [5, 5.41) is 0.733. The van der Waals surface area contributed by atoms with Crippen molar-refractivity contribution in [2.24, 2.45) is 17.6 Å². The smallest absolute Gasteiger partial charge is 0.366 e. The van der Waals surface area contributed by atoms with E-state index in [0.29, 0.717) is 30.8 Å². The lowest BCUT2D eigenvalue weighted by Crippen LogP contribution is -2.48. The van der Waals surface area contributed by atoms with E-state index in [1.807, 2.05) is 30.3 Å². The molecule has 0 spiro atoms. The van der Waals surface area contributed by atoms with E-state index in [1.54, 1.807) is 29.2 Å². The minimum absolute atomic E-state index is 0.0225. The number of H-pyrrole nitrogens is 1. The molecule has 1 aliphatic heterocycles. The van der Waals surface area contributed by atoms with Gasteiger partial charge in [-0.25, -0.2) is 0 Å². The molecule has 8 heteroatoms. The Hall–Kier alpha value is -3.29. The first-order valence-corrected chi connectivity index (χ1v) is 10.0. The van der Waals surface area contributed by atoms with Crippen LogP contribution in [-0.4, -0.2) is 35.9 Å². The minimum Gasteiger partial charge on any atom is -0.366 e. The zero-order valence-corrected chi connectivity index (χ0v) is 16.7. The van der Waals surface area contributed by atoms with Crippen molar-refractivity contribution in [2.75, 3.05) is 18.0 Å². The predicted molar refractivity (Wildman–Crippen MR) is 112 cm³/mol. The number of Topliss-reactive ketones (excluding diaryl/α,β-unsaturated/α-hetero) is 1. The zero-order chi connectivity index (χ0) is 22.2. The molecule has 1 fully saturated rings. The molecule has 162 valence electrons. The topological polar surface area (TPSA) is 79.2 Å². The average molecular weight is 429 g/mol. The van der Waals surface area contributed by atoms with E-state index < -0.39 is 29.7 Å². The molecular weight excluding hydrogens is 407 g/mol. The van der Waals surface area contributed by atoms with Crippen LogP contribution in [0.1, 0.15) is 22.3 Å². The van der Waals surface area contributed by atoms with E-state index in [4.69, 9.17) is 5.73 Å². The summed E-state index contributed by atoms with van der Waals surface area (Å²) in [6, 6.07) is 16.0. The van der Waals surface area contributed by atoms with Crippen LogP contribution in [0.25, 0.3) is 10.9 Å². The van der Waals surface area contributed by atoms with Gasteiger partial charge in [-0.3, -0.25) is 9.59 Å². The Morgan fingerprint density at radius 1 is 1.10 bits per heavy atom. The largest absolute Gasteiger partial charge is 0.450 e. The van der Waals surface area contributed by atoms with Crippen LogP contribution in [0.5, 0.6) is 0 Å². The van der Waals surface area contributed by atoms with Gasteiger partial charge in [-0.15, -0.1) is 0 Å². The van der Waals surface area contributed by atoms with Gasteiger partial charge in [0.05, 0.1) is 0 Å². The Morgan fingerprint density at radius 3 is 2.52 bits per heavy atom. The second kappa shape index (κ2) is 8.09. The molecule has 0 saturated carbocycles. The second-order valence-corrected chi connectivity index (χ2v) is 7.97. The molecular formula is C23H22F3N3O2. The number of primary amides is 1. The van der Waals surface area contributed by atoms with Gasteiger partial charge in [0.25, 0.3) is 0 Å². The molecule has 2 atom stereocenters. The number of nitrogens with two attached hydrogens (primary N) is 1. The molecule has 1 saturated heterocycles. The normalized spacial score (nSPS) is 19.5. The number of carbonyl (C=O) groups excluding carboxylic acids is 2. The van der Waals surface area contributed by atoms with E-state index in [-0.39, 0.29) is 6.54 Å². The number of alkyl halides is 3. The number of ketones is 1. The third kappa shape index (κ3) is 4.42. The zero-order valence-electron chi connectivity index (χ0n) is 16.7. The summed E-state index contributed by atoms with van der Waals surface area (Å²) in [6.45, 7) is 0.500. The quantitative estimate of drug-likeness (QED) is 0.641. The Bertz CT molecular complexity index is 1110. The highest BCUT2D eigenvalue weighted by molar-refractivity contribution is 5.98. The maximum atomic E-state index is 13.3. The molecule has 2 aromatic carbocycles. The van der Waals surface area contributed by atoms with Crippen molar-refractivity contribution >= 4 is 28.4 Å². The number of rotatable bonds is 5. The van der Waals surface area contributed by atoms with Gasteiger partial charge in [0.15, 0.2) is 0 Å². The fourth-order valence-corrected chi connectivity index (χ4v) is 4.33. The molecule has 4 rings (SSSR count). The number of hydrogen-bond donors (Lipinski definition) is 2. The molecule has 0 bridgehead atoms. The second-order valence-electron chi connectivity index (χ2n) is 7.97. The van der Waals surface area contributed by atoms with Gasteiger partial charge in [0.1, 0.15) is 5.82 Å². The van der Waals surface area contributed by atoms with Gasteiger partial charge in [-0.05, 0) is 48.6 Å². The number of halogens is 3. The van der Waals surface area contributed by atoms with Crippen LogP contribution in [0.3, 0.4) is 0 Å². The number of fused-ring (bicyclic) bond motifs is 1. The van der Waals surface area contributed by atoms with Crippen LogP contribution in [0.15, 0.2) is 54.6 Å². The van der Waals surface area contributed by atoms with E-state index in [2.05, 4.69) is 4.98 Å². The van der Waals surface area contributed by atoms with Crippen LogP contribution in [0.2, 0.25) is 0 Å². The van der Waals surface area contributed by atoms with E-state index in [1.165, 1.54) is 0 Å². The number of aromatic amines is 1. The van der Waals surface area contributed by atoms with Crippen molar-refractivity contribution in [3.8, 4) is 0 Å². The standard InChI is InChI=1S/C23H22F3N3O2/c24-23(25,26)21(30)18-13-29(9-8-15(18)10-14-4-2-1-3-5-14)20-12-17-11-16(22(27)31)6-7-19(17)28-20/h1-7,11-12,15,18,28H,8-10,13H2,(H2,27,31). The molecule has 0 radical (unpaired) electrons. The van der Waals surface area contributed by atoms with Crippen LogP contribution < -0.4 is 10.6 Å². The van der Waals surface area contributed by atoms with Gasteiger partial charge >= 0.3 is 6.18 Å². The van der Waals surface area contributed by atoms with Crippen molar-refractivity contribution in [3.05, 3.63) is 65.7 Å². The van der Waals surface area contributed by atoms with Crippen LogP contribution in [-0.2, 0) is 11.2 Å². The van der Waals surface area contributed by atoms with Gasteiger partial charge in [-0.1, -0.05) is 30.3 Å². The van der Waals surface area contributed by atoms with Gasteiger partial charge in [0, 0.05) is 35.5 Å². The number of benzene rings is 2. The molecule has 3 aromatic rings. The van der Waals surface area contributed by atoms with E-state index in [9.17, 15) is 22.8 Å². The van der Waals surface area contributed by atoms with Gasteiger partial charge < -0.3 is 15.6 Å². The van der Waals surface area contributed by atoms with Gasteiger partial charge in [0.2, 0.25) is 11.7 Å². The lowest BCUT2D eigenvalue weighted by Gasteiger charge is -2.38. The lowest BCUT2D eigenvalue weighted by atomic mass is 9.78. The Labute approximate surface area is 177 Å². The molecule has 2 heterocycles. The van der Waals surface area contributed by atoms with Crippen molar-refractivity contribution in [2.45, 2.75) is 19.0 Å². The number of nitrogens with one attached hydrogen (secondary N) is 1. The van der Waals surface area contributed by atoms with Crippen molar-refractivity contribution in [1.82, 2.24) is 4.98 Å². The molecule has 1 aromatic heterocycles. The predicted octanol–water partition coefficient (Wildman–Crippen LogP) is 4.08. The molecule has 5 nitrogen and oxygen atoms in total. The van der Waals surface area contributed by atoms with Crippen molar-refractivity contribution in [3.63, 3.8) is 0 Å². The summed E-state index contributed by atoms with van der Waals surface area (Å²) in [7, 11) is 0. The fraction of sp³-hybridized carbons (Fsp3) is 0.304. The highest BCUT2D eigenvalue weighted by Crippen LogP contribution is 2.35. The summed E-state index contributed by atoms with van der Waals surface area (Å²) >= 11 is 0. The number of anilines is 1. The van der Waals surface area contributed by atoms with Crippen LogP contribution in [0, 0.1) is 11.8 Å². The van der Waals surface area contributed by atoms with E-state index >= 15 is 0 Å². The SMILES string of the molecule is NC(=O)c1ccc2[nH]c(N3CCC(Cc4ccccc4)C(C(=O)C(F)(F)F)C3)cc2c1.